The lowest BCUT2D eigenvalue weighted by Gasteiger charge is -2.28. The zero-order valence-corrected chi connectivity index (χ0v) is 18.9. The van der Waals surface area contributed by atoms with Gasteiger partial charge in [0.05, 0.1) is 24.3 Å². The summed E-state index contributed by atoms with van der Waals surface area (Å²) >= 11 is 0. The van der Waals surface area contributed by atoms with Crippen LogP contribution in [0.2, 0.25) is 0 Å². The van der Waals surface area contributed by atoms with Gasteiger partial charge in [-0.3, -0.25) is 0 Å². The van der Waals surface area contributed by atoms with E-state index in [1.807, 2.05) is 60.7 Å². The van der Waals surface area contributed by atoms with E-state index in [1.54, 1.807) is 0 Å². The number of hydrogen-bond donors (Lipinski definition) is 2. The average Bonchev–Trinajstić information content (AvgIpc) is 2.82. The average molecular weight is 510 g/mol. The second kappa shape index (κ2) is 11.5. The van der Waals surface area contributed by atoms with Crippen LogP contribution in [0.4, 0.5) is 31.1 Å². The van der Waals surface area contributed by atoms with Gasteiger partial charge in [-0.1, -0.05) is 66.7 Å². The van der Waals surface area contributed by atoms with Crippen molar-refractivity contribution in [3.8, 4) is 0 Å². The Kier molecular flexibility index (Phi) is 8.62. The summed E-state index contributed by atoms with van der Waals surface area (Å²) in [4.78, 5) is 11.4. The Morgan fingerprint density at radius 1 is 0.833 bits per heavy atom. The summed E-state index contributed by atoms with van der Waals surface area (Å²) in [6, 6.07) is 19.2. The van der Waals surface area contributed by atoms with Gasteiger partial charge in [-0.05, 0) is 28.8 Å². The van der Waals surface area contributed by atoms with Crippen molar-refractivity contribution in [1.82, 2.24) is 5.32 Å². The molecule has 0 saturated heterocycles. The molecule has 0 heterocycles. The van der Waals surface area contributed by atoms with Gasteiger partial charge in [0.25, 0.3) is 0 Å². The van der Waals surface area contributed by atoms with Gasteiger partial charge in [0.1, 0.15) is 0 Å². The minimum absolute atomic E-state index is 0.0585. The summed E-state index contributed by atoms with van der Waals surface area (Å²) < 4.78 is 85.0. The number of alkyl halides is 6. The van der Waals surface area contributed by atoms with Gasteiger partial charge in [-0.15, -0.1) is 0 Å². The fraction of sp³-hybridized carbons (Fsp3) is 0.269. The Morgan fingerprint density at radius 2 is 1.39 bits per heavy atom. The maximum absolute atomic E-state index is 13.5. The summed E-state index contributed by atoms with van der Waals surface area (Å²) in [5, 5.41) is 2.53. The first-order chi connectivity index (χ1) is 17.0. The maximum atomic E-state index is 13.5. The van der Waals surface area contributed by atoms with Gasteiger partial charge in [0.15, 0.2) is 0 Å². The predicted molar refractivity (Wildman–Crippen MR) is 122 cm³/mol. The van der Waals surface area contributed by atoms with Crippen LogP contribution in [0.25, 0.3) is 0 Å². The smallest absolute Gasteiger partial charge is 0.376 e. The summed E-state index contributed by atoms with van der Waals surface area (Å²) in [7, 11) is 0. The maximum Gasteiger partial charge on any atom is 0.416 e. The number of primary amides is 1. The molecular formula is C26H24F6N2O2. The van der Waals surface area contributed by atoms with Crippen molar-refractivity contribution in [2.75, 3.05) is 13.2 Å². The summed E-state index contributed by atoms with van der Waals surface area (Å²) in [5.41, 5.74) is 3.79. The van der Waals surface area contributed by atoms with Crippen LogP contribution in [0.3, 0.4) is 0 Å². The zero-order chi connectivity index (χ0) is 26.3. The van der Waals surface area contributed by atoms with Gasteiger partial charge >= 0.3 is 18.4 Å². The fourth-order valence-electron chi connectivity index (χ4n) is 4.03. The van der Waals surface area contributed by atoms with Crippen molar-refractivity contribution in [2.24, 2.45) is 11.7 Å². The number of nitrogens with two attached hydrogens (primary N) is 1. The van der Waals surface area contributed by atoms with Gasteiger partial charge in [-0.25, -0.2) is 4.79 Å². The molecule has 1 unspecified atom stereocenters. The van der Waals surface area contributed by atoms with E-state index < -0.39 is 47.6 Å². The SMILES string of the molecule is NC(=O)NCC(COCc1ccc(C(F)(F)F)cc1C(F)(F)F)C(c1ccccc1)c1ccccc1. The van der Waals surface area contributed by atoms with E-state index in [0.717, 1.165) is 17.2 Å². The molecule has 3 N–H and O–H groups in total. The molecule has 4 nitrogen and oxygen atoms in total. The van der Waals surface area contributed by atoms with Crippen LogP contribution in [-0.2, 0) is 23.7 Å². The minimum Gasteiger partial charge on any atom is -0.376 e. The molecule has 36 heavy (non-hydrogen) atoms. The number of halogens is 6. The lowest BCUT2D eigenvalue weighted by molar-refractivity contribution is -0.143. The van der Waals surface area contributed by atoms with Crippen molar-refractivity contribution in [1.29, 1.82) is 0 Å². The summed E-state index contributed by atoms with van der Waals surface area (Å²) in [6.07, 6.45) is -9.91. The Morgan fingerprint density at radius 3 is 1.86 bits per heavy atom. The van der Waals surface area contributed by atoms with Crippen LogP contribution >= 0.6 is 0 Å². The second-order valence-electron chi connectivity index (χ2n) is 8.19. The van der Waals surface area contributed by atoms with Crippen LogP contribution < -0.4 is 11.1 Å². The molecule has 0 saturated carbocycles. The molecule has 0 aliphatic rings. The van der Waals surface area contributed by atoms with E-state index in [1.165, 1.54) is 0 Å². The van der Waals surface area contributed by atoms with E-state index in [2.05, 4.69) is 5.32 Å². The third kappa shape index (κ3) is 7.24. The van der Waals surface area contributed by atoms with E-state index >= 15 is 0 Å². The third-order valence-electron chi connectivity index (χ3n) is 5.66. The number of carbonyl (C=O) groups excluding carboxylic acids is 1. The standard InChI is InChI=1S/C26H24F6N2O2/c27-25(28,29)21-12-11-19(22(13-21)26(30,31)32)15-36-16-20(14-34-24(33)35)23(17-7-3-1-4-8-17)18-9-5-2-6-10-18/h1-13,20,23H,14-16H2,(H3,33,34,35). The van der Waals surface area contributed by atoms with Gasteiger partial charge in [-0.2, -0.15) is 26.3 Å². The Hall–Kier alpha value is -3.53. The summed E-state index contributed by atoms with van der Waals surface area (Å²) in [6.45, 7) is -0.619. The molecule has 0 aromatic heterocycles. The number of benzene rings is 3. The van der Waals surface area contributed by atoms with Crippen LogP contribution in [0.15, 0.2) is 78.9 Å². The number of urea groups is 1. The highest BCUT2D eigenvalue weighted by Gasteiger charge is 2.38. The topological polar surface area (TPSA) is 64.4 Å². The number of hydrogen-bond acceptors (Lipinski definition) is 2. The highest BCUT2D eigenvalue weighted by atomic mass is 19.4. The number of carbonyl (C=O) groups is 1. The zero-order valence-electron chi connectivity index (χ0n) is 18.9. The molecule has 0 spiro atoms. The molecule has 1 atom stereocenters. The summed E-state index contributed by atoms with van der Waals surface area (Å²) in [5.74, 6) is -0.764. The number of amides is 2. The molecule has 2 amide bonds. The van der Waals surface area contributed by atoms with Crippen molar-refractivity contribution >= 4 is 6.03 Å². The fourth-order valence-corrected chi connectivity index (χ4v) is 4.03. The Balaban J connectivity index is 1.88. The van der Waals surface area contributed by atoms with Crippen molar-refractivity contribution in [2.45, 2.75) is 24.9 Å². The largest absolute Gasteiger partial charge is 0.416 e. The van der Waals surface area contributed by atoms with E-state index in [0.29, 0.717) is 6.07 Å². The number of rotatable bonds is 9. The van der Waals surface area contributed by atoms with Crippen LogP contribution in [0, 0.1) is 5.92 Å². The lowest BCUT2D eigenvalue weighted by Crippen LogP contribution is -2.37. The van der Waals surface area contributed by atoms with Gasteiger partial charge in [0, 0.05) is 18.4 Å². The van der Waals surface area contributed by atoms with E-state index in [-0.39, 0.29) is 25.1 Å². The quantitative estimate of drug-likeness (QED) is 0.329. The molecule has 3 aromatic carbocycles. The molecule has 0 radical (unpaired) electrons. The highest BCUT2D eigenvalue weighted by Crippen LogP contribution is 2.38. The third-order valence-corrected chi connectivity index (χ3v) is 5.66. The van der Waals surface area contributed by atoms with Gasteiger partial charge < -0.3 is 15.8 Å². The van der Waals surface area contributed by atoms with Gasteiger partial charge in [0.2, 0.25) is 0 Å². The highest BCUT2D eigenvalue weighted by molar-refractivity contribution is 5.71. The molecule has 0 aliphatic carbocycles. The molecule has 192 valence electrons. The molecule has 0 fully saturated rings. The first-order valence-corrected chi connectivity index (χ1v) is 10.9. The monoisotopic (exact) mass is 510 g/mol. The second-order valence-corrected chi connectivity index (χ2v) is 8.19. The number of nitrogens with one attached hydrogen (secondary N) is 1. The molecular weight excluding hydrogens is 486 g/mol. The molecule has 3 aromatic rings. The predicted octanol–water partition coefficient (Wildman–Crippen LogP) is 6.36. The van der Waals surface area contributed by atoms with Crippen LogP contribution in [-0.4, -0.2) is 19.2 Å². The Bertz CT molecular complexity index is 1100. The molecule has 0 aliphatic heterocycles. The lowest BCUT2D eigenvalue weighted by atomic mass is 9.81. The normalized spacial score (nSPS) is 13.0. The molecule has 10 heteroatoms. The van der Waals surface area contributed by atoms with Crippen molar-refractivity contribution in [3.63, 3.8) is 0 Å². The first kappa shape index (κ1) is 27.1. The first-order valence-electron chi connectivity index (χ1n) is 10.9. The molecule has 0 bridgehead atoms. The van der Waals surface area contributed by atoms with E-state index in [9.17, 15) is 31.1 Å². The number of ether oxygens (including phenoxy) is 1. The van der Waals surface area contributed by atoms with E-state index in [4.69, 9.17) is 10.5 Å². The van der Waals surface area contributed by atoms with Crippen LogP contribution in [0.5, 0.6) is 0 Å². The van der Waals surface area contributed by atoms with Crippen molar-refractivity contribution < 1.29 is 35.9 Å². The Labute approximate surface area is 204 Å². The van der Waals surface area contributed by atoms with Crippen LogP contribution in [0.1, 0.15) is 33.7 Å². The minimum atomic E-state index is -5.00. The molecule has 3 rings (SSSR count). The van der Waals surface area contributed by atoms with Crippen molar-refractivity contribution in [3.05, 3.63) is 107 Å².